The van der Waals surface area contributed by atoms with Crippen LogP contribution >= 0.6 is 0 Å². The lowest BCUT2D eigenvalue weighted by Gasteiger charge is -2.12. The van der Waals surface area contributed by atoms with Gasteiger partial charge in [0.15, 0.2) is 0 Å². The molecule has 0 fully saturated rings. The molecule has 106 valence electrons. The van der Waals surface area contributed by atoms with E-state index in [-0.39, 0.29) is 0 Å². The summed E-state index contributed by atoms with van der Waals surface area (Å²) in [6.07, 6.45) is 1.75. The van der Waals surface area contributed by atoms with Crippen molar-refractivity contribution in [3.05, 3.63) is 47.3 Å². The third-order valence-corrected chi connectivity index (χ3v) is 4.49. The van der Waals surface area contributed by atoms with Crippen LogP contribution in [0.4, 0.5) is 5.69 Å². The van der Waals surface area contributed by atoms with Crippen molar-refractivity contribution in [2.45, 2.75) is 24.5 Å². The molecule has 2 aromatic rings. The smallest absolute Gasteiger partial charge is 0.128 e. The maximum Gasteiger partial charge on any atom is 0.128 e. The normalized spacial score (nSPS) is 12.2. The molecule has 0 radical (unpaired) electrons. The lowest BCUT2D eigenvalue weighted by atomic mass is 10.1. The van der Waals surface area contributed by atoms with Gasteiger partial charge in [0.2, 0.25) is 0 Å². The first-order chi connectivity index (χ1) is 9.52. The number of aryl methyl sites for hydroxylation is 1. The van der Waals surface area contributed by atoms with Gasteiger partial charge in [-0.25, -0.2) is 0 Å². The minimum atomic E-state index is -1.14. The van der Waals surface area contributed by atoms with Gasteiger partial charge in [-0.1, -0.05) is 0 Å². The number of ether oxygens (including phenoxy) is 1. The first-order valence-corrected chi connectivity index (χ1v) is 7.57. The van der Waals surface area contributed by atoms with E-state index in [1.54, 1.807) is 37.6 Å². The zero-order valence-electron chi connectivity index (χ0n) is 11.8. The molecule has 0 spiro atoms. The first-order valence-electron chi connectivity index (χ1n) is 6.26. The van der Waals surface area contributed by atoms with Crippen LogP contribution < -0.4 is 10.5 Å². The fourth-order valence-corrected chi connectivity index (χ4v) is 3.19. The number of nitrogen functional groups attached to an aromatic ring is 1. The number of nitrogens with two attached hydrogens (primary N) is 1. The number of hydrogen-bond donors (Lipinski definition) is 1. The SMILES string of the molecule is COc1c(C)cnc(CS(=O)c2ccc(N)cc2)c1C. The maximum absolute atomic E-state index is 12.4. The van der Waals surface area contributed by atoms with E-state index in [0.29, 0.717) is 11.4 Å². The van der Waals surface area contributed by atoms with Gasteiger partial charge in [-0.2, -0.15) is 0 Å². The van der Waals surface area contributed by atoms with E-state index in [9.17, 15) is 4.21 Å². The minimum Gasteiger partial charge on any atom is -0.496 e. The van der Waals surface area contributed by atoms with Gasteiger partial charge >= 0.3 is 0 Å². The summed E-state index contributed by atoms with van der Waals surface area (Å²) in [4.78, 5) is 5.12. The second kappa shape index (κ2) is 6.05. The number of nitrogens with zero attached hydrogens (tertiary/aromatic N) is 1. The maximum atomic E-state index is 12.4. The highest BCUT2D eigenvalue weighted by Gasteiger charge is 2.13. The summed E-state index contributed by atoms with van der Waals surface area (Å²) >= 11 is 0. The molecule has 1 heterocycles. The third-order valence-electron chi connectivity index (χ3n) is 3.16. The standard InChI is InChI=1S/C15H18N2O2S/c1-10-8-17-14(11(2)15(10)19-3)9-20(18)13-6-4-12(16)5-7-13/h4-8H,9,16H2,1-3H3. The fraction of sp³-hybridized carbons (Fsp3) is 0.267. The number of benzene rings is 1. The van der Waals surface area contributed by atoms with Crippen molar-refractivity contribution >= 4 is 16.5 Å². The molecule has 2 rings (SSSR count). The molecule has 1 atom stereocenters. The van der Waals surface area contributed by atoms with Crippen LogP contribution in [0.1, 0.15) is 16.8 Å². The Bertz CT molecular complexity index is 639. The van der Waals surface area contributed by atoms with Crippen LogP contribution in [-0.4, -0.2) is 16.3 Å². The van der Waals surface area contributed by atoms with Gasteiger partial charge in [0.1, 0.15) is 5.75 Å². The van der Waals surface area contributed by atoms with E-state index in [2.05, 4.69) is 4.98 Å². The average Bonchev–Trinajstić information content (AvgIpc) is 2.43. The zero-order chi connectivity index (χ0) is 14.7. The number of rotatable bonds is 4. The minimum absolute atomic E-state index is 0.367. The van der Waals surface area contributed by atoms with E-state index in [4.69, 9.17) is 10.5 Å². The summed E-state index contributed by atoms with van der Waals surface area (Å²) < 4.78 is 17.7. The second-order valence-electron chi connectivity index (χ2n) is 4.61. The molecular weight excluding hydrogens is 272 g/mol. The molecule has 1 aromatic carbocycles. The molecule has 4 nitrogen and oxygen atoms in total. The highest BCUT2D eigenvalue weighted by atomic mass is 32.2. The van der Waals surface area contributed by atoms with Gasteiger partial charge in [-0.05, 0) is 38.1 Å². The van der Waals surface area contributed by atoms with E-state index in [0.717, 1.165) is 27.5 Å². The summed E-state index contributed by atoms with van der Waals surface area (Å²) in [7, 11) is 0.492. The molecule has 1 aromatic heterocycles. The van der Waals surface area contributed by atoms with E-state index in [1.165, 1.54) is 0 Å². The van der Waals surface area contributed by atoms with Crippen molar-refractivity contribution in [1.82, 2.24) is 4.98 Å². The topological polar surface area (TPSA) is 65.2 Å². The summed E-state index contributed by atoms with van der Waals surface area (Å²) in [6, 6.07) is 7.07. The van der Waals surface area contributed by atoms with E-state index < -0.39 is 10.8 Å². The Morgan fingerprint density at radius 1 is 1.25 bits per heavy atom. The number of pyridine rings is 1. The molecule has 0 saturated carbocycles. The number of hydrogen-bond acceptors (Lipinski definition) is 4. The molecular formula is C15H18N2O2S. The van der Waals surface area contributed by atoms with Crippen molar-refractivity contribution in [1.29, 1.82) is 0 Å². The Labute approximate surface area is 121 Å². The molecule has 0 aliphatic carbocycles. The summed E-state index contributed by atoms with van der Waals surface area (Å²) in [5.41, 5.74) is 9.01. The Kier molecular flexibility index (Phi) is 4.39. The Morgan fingerprint density at radius 2 is 1.90 bits per heavy atom. The molecule has 0 aliphatic rings. The number of methoxy groups -OCH3 is 1. The van der Waals surface area contributed by atoms with Crippen molar-refractivity contribution in [3.63, 3.8) is 0 Å². The van der Waals surface area contributed by atoms with Gasteiger partial charge in [0.05, 0.1) is 29.4 Å². The van der Waals surface area contributed by atoms with E-state index >= 15 is 0 Å². The quantitative estimate of drug-likeness (QED) is 0.879. The van der Waals surface area contributed by atoms with Gasteiger partial charge in [0, 0.05) is 27.9 Å². The van der Waals surface area contributed by atoms with Crippen molar-refractivity contribution in [2.75, 3.05) is 12.8 Å². The number of anilines is 1. The summed E-state index contributed by atoms with van der Waals surface area (Å²) in [5.74, 6) is 1.18. The van der Waals surface area contributed by atoms with Gasteiger partial charge in [-0.15, -0.1) is 0 Å². The molecule has 0 bridgehead atoms. The predicted molar refractivity (Wildman–Crippen MR) is 81.2 cm³/mol. The van der Waals surface area contributed by atoms with Gasteiger partial charge in [0.25, 0.3) is 0 Å². The summed E-state index contributed by atoms with van der Waals surface area (Å²) in [5, 5.41) is 0. The van der Waals surface area contributed by atoms with Crippen LogP contribution in [0.5, 0.6) is 5.75 Å². The van der Waals surface area contributed by atoms with Crippen LogP contribution in [0.15, 0.2) is 35.4 Å². The summed E-state index contributed by atoms with van der Waals surface area (Å²) in [6.45, 7) is 3.88. The molecule has 20 heavy (non-hydrogen) atoms. The highest BCUT2D eigenvalue weighted by molar-refractivity contribution is 7.84. The molecule has 0 saturated heterocycles. The zero-order valence-corrected chi connectivity index (χ0v) is 12.7. The van der Waals surface area contributed by atoms with Crippen LogP contribution in [0, 0.1) is 13.8 Å². The van der Waals surface area contributed by atoms with Gasteiger partial charge < -0.3 is 10.5 Å². The number of aromatic nitrogens is 1. The lowest BCUT2D eigenvalue weighted by Crippen LogP contribution is -2.04. The van der Waals surface area contributed by atoms with Crippen molar-refractivity contribution in [2.24, 2.45) is 0 Å². The van der Waals surface area contributed by atoms with Crippen LogP contribution in [-0.2, 0) is 16.6 Å². The Balaban J connectivity index is 2.26. The lowest BCUT2D eigenvalue weighted by molar-refractivity contribution is 0.407. The molecule has 5 heteroatoms. The highest BCUT2D eigenvalue weighted by Crippen LogP contribution is 2.25. The molecule has 1 unspecified atom stereocenters. The van der Waals surface area contributed by atoms with Gasteiger partial charge in [-0.3, -0.25) is 9.19 Å². The van der Waals surface area contributed by atoms with Crippen LogP contribution in [0.2, 0.25) is 0 Å². The fourth-order valence-electron chi connectivity index (χ4n) is 2.04. The monoisotopic (exact) mass is 290 g/mol. The molecule has 0 amide bonds. The molecule has 0 aliphatic heterocycles. The predicted octanol–water partition coefficient (Wildman–Crippen LogP) is 2.60. The Hall–Kier alpha value is -1.88. The largest absolute Gasteiger partial charge is 0.496 e. The molecule has 2 N–H and O–H groups in total. The second-order valence-corrected chi connectivity index (χ2v) is 6.06. The van der Waals surface area contributed by atoms with E-state index in [1.807, 2.05) is 13.8 Å². The Morgan fingerprint density at radius 3 is 2.50 bits per heavy atom. The van der Waals surface area contributed by atoms with Crippen LogP contribution in [0.3, 0.4) is 0 Å². The average molecular weight is 290 g/mol. The van der Waals surface area contributed by atoms with Crippen molar-refractivity contribution in [3.8, 4) is 5.75 Å². The first kappa shape index (κ1) is 14.5. The third kappa shape index (κ3) is 2.99. The van der Waals surface area contributed by atoms with Crippen molar-refractivity contribution < 1.29 is 8.95 Å². The van der Waals surface area contributed by atoms with Crippen LogP contribution in [0.25, 0.3) is 0 Å².